The quantitative estimate of drug-likeness (QED) is 0.0471. The zero-order chi connectivity index (χ0) is 46.1. The zero-order valence-electron chi connectivity index (χ0n) is 36.0. The summed E-state index contributed by atoms with van der Waals surface area (Å²) in [6.45, 7) is 2.79. The van der Waals surface area contributed by atoms with Crippen LogP contribution in [0.15, 0.2) is 128 Å². The Kier molecular flexibility index (Phi) is 16.6. The van der Waals surface area contributed by atoms with Crippen molar-refractivity contribution in [2.75, 3.05) is 6.61 Å². The molecule has 0 spiro atoms. The van der Waals surface area contributed by atoms with Crippen molar-refractivity contribution >= 4 is 46.3 Å². The highest BCUT2D eigenvalue weighted by Crippen LogP contribution is 2.20. The molecule has 0 aliphatic carbocycles. The number of primary amides is 1. The van der Waals surface area contributed by atoms with Gasteiger partial charge in [-0.15, -0.1) is 0 Å². The molecule has 6 rings (SSSR count). The number of rotatable bonds is 23. The minimum Gasteiger partial charge on any atom is -0.489 e. The van der Waals surface area contributed by atoms with E-state index in [9.17, 15) is 28.8 Å². The normalized spacial score (nSPS) is 13.3. The summed E-state index contributed by atoms with van der Waals surface area (Å²) in [5.74, 6) is -3.56. The number of carbonyl (C=O) groups excluding carboxylic acids is 6. The van der Waals surface area contributed by atoms with E-state index in [1.165, 1.54) is 26.4 Å². The van der Waals surface area contributed by atoms with Crippen molar-refractivity contribution in [2.24, 2.45) is 5.73 Å². The topological polar surface area (TPSA) is 252 Å². The number of para-hydroxylation sites is 1. The molecule has 0 radical (unpaired) electrons. The van der Waals surface area contributed by atoms with Gasteiger partial charge >= 0.3 is 0 Å². The molecule has 5 atom stereocenters. The Bertz CT molecular complexity index is 2510. The highest BCUT2D eigenvalue weighted by atomic mass is 16.5. The van der Waals surface area contributed by atoms with Gasteiger partial charge in [0, 0.05) is 55.2 Å². The molecule has 2 aromatic heterocycles. The number of nitrogens with one attached hydrogen (secondary N) is 7. The molecular weight excluding hydrogens is 831 g/mol. The number of hydrogen-bond acceptors (Lipinski definition) is 9. The first-order valence-corrected chi connectivity index (χ1v) is 21.1. The lowest BCUT2D eigenvalue weighted by Gasteiger charge is -2.27. The van der Waals surface area contributed by atoms with Gasteiger partial charge in [-0.3, -0.25) is 28.8 Å². The van der Waals surface area contributed by atoms with Gasteiger partial charge in [0.2, 0.25) is 35.4 Å². The van der Waals surface area contributed by atoms with Crippen LogP contribution >= 0.6 is 0 Å². The maximum absolute atomic E-state index is 14.5. The summed E-state index contributed by atoms with van der Waals surface area (Å²) in [6.07, 6.45) is 4.70. The van der Waals surface area contributed by atoms with E-state index in [0.29, 0.717) is 29.2 Å². The molecule has 0 unspecified atom stereocenters. The SMILES string of the molecule is CC(=O)N[C@@H](Cc1cnc[nH]1)C(=O)N[C@@H](Cc1ccc(OCc2ccccc2)cc1)C(=O)N[C@@H](COCc1ccccc1)C(=O)N[C@@H](Cc1c[nH]c2ccccc12)C(=O)N[C@H](C)C(N)=O. The van der Waals surface area contributed by atoms with Crippen molar-refractivity contribution in [1.29, 1.82) is 0 Å². The van der Waals surface area contributed by atoms with E-state index in [1.54, 1.807) is 30.5 Å². The lowest BCUT2D eigenvalue weighted by molar-refractivity contribution is -0.136. The molecule has 0 saturated carbocycles. The van der Waals surface area contributed by atoms with Gasteiger partial charge in [0.1, 0.15) is 42.6 Å². The van der Waals surface area contributed by atoms with Crippen molar-refractivity contribution < 1.29 is 38.2 Å². The van der Waals surface area contributed by atoms with Crippen molar-refractivity contribution in [3.8, 4) is 5.75 Å². The number of nitrogens with zero attached hydrogens (tertiary/aromatic N) is 1. The minimum absolute atomic E-state index is 0.00319. The summed E-state index contributed by atoms with van der Waals surface area (Å²) in [7, 11) is 0. The fourth-order valence-electron chi connectivity index (χ4n) is 6.96. The second kappa shape index (κ2) is 23.1. The number of ether oxygens (including phenoxy) is 2. The smallest absolute Gasteiger partial charge is 0.245 e. The van der Waals surface area contributed by atoms with Crippen LogP contribution in [0.1, 0.15) is 41.8 Å². The van der Waals surface area contributed by atoms with Crippen LogP contribution in [-0.4, -0.2) is 87.2 Å². The number of H-pyrrole nitrogens is 2. The van der Waals surface area contributed by atoms with Crippen LogP contribution in [0.5, 0.6) is 5.75 Å². The molecule has 6 aromatic rings. The van der Waals surface area contributed by atoms with E-state index < -0.39 is 65.7 Å². The Hall–Kier alpha value is -7.79. The highest BCUT2D eigenvalue weighted by molar-refractivity contribution is 5.97. The third kappa shape index (κ3) is 14.1. The molecule has 4 aromatic carbocycles. The molecule has 0 aliphatic heterocycles. The summed E-state index contributed by atoms with van der Waals surface area (Å²) in [6, 6.07) is 27.2. The third-order valence-corrected chi connectivity index (χ3v) is 10.5. The van der Waals surface area contributed by atoms with Crippen LogP contribution in [-0.2, 0) is 66.0 Å². The molecule has 6 amide bonds. The average molecular weight is 884 g/mol. The van der Waals surface area contributed by atoms with E-state index in [0.717, 1.165) is 22.0 Å². The number of aromatic nitrogens is 3. The summed E-state index contributed by atoms with van der Waals surface area (Å²) in [4.78, 5) is 91.0. The number of amides is 6. The molecule has 338 valence electrons. The first-order valence-electron chi connectivity index (χ1n) is 21.1. The molecule has 9 N–H and O–H groups in total. The minimum atomic E-state index is -1.40. The van der Waals surface area contributed by atoms with Crippen LogP contribution in [0.25, 0.3) is 10.9 Å². The Morgan fingerprint density at radius 1 is 0.615 bits per heavy atom. The predicted molar refractivity (Wildman–Crippen MR) is 242 cm³/mol. The summed E-state index contributed by atoms with van der Waals surface area (Å²) < 4.78 is 12.0. The molecule has 0 bridgehead atoms. The van der Waals surface area contributed by atoms with E-state index in [1.807, 2.05) is 84.9 Å². The van der Waals surface area contributed by atoms with Gasteiger partial charge in [-0.25, -0.2) is 4.98 Å². The van der Waals surface area contributed by atoms with Gasteiger partial charge in [0.05, 0.1) is 19.5 Å². The number of imidazole rings is 1. The number of aromatic amines is 2. The molecular formula is C48H53N9O8. The summed E-state index contributed by atoms with van der Waals surface area (Å²) >= 11 is 0. The summed E-state index contributed by atoms with van der Waals surface area (Å²) in [5, 5.41) is 14.4. The van der Waals surface area contributed by atoms with Gasteiger partial charge in [0.25, 0.3) is 0 Å². The standard InChI is InChI=1S/C48H53N9O8/c1-30(44(49)59)53-45(60)41(22-35-24-51-39-16-10-9-15-38(35)39)56-48(63)43(28-64-26-33-11-5-3-6-12-33)57-46(61)40(55-47(62)42(54-31(2)58)23-36-25-50-29-52-36)21-32-17-19-37(20-18-32)65-27-34-13-7-4-8-14-34/h3-20,24-25,29-30,40-43,51H,21-23,26-28H2,1-2H3,(H2,49,59)(H,50,52)(H,53,60)(H,54,58)(H,55,62)(H,56,63)(H,57,61)/t30-,40+,41+,42+,43+/m1/s1. The zero-order valence-corrected chi connectivity index (χ0v) is 36.0. The number of benzene rings is 4. The fourth-order valence-corrected chi connectivity index (χ4v) is 6.96. The van der Waals surface area contributed by atoms with E-state index >= 15 is 0 Å². The van der Waals surface area contributed by atoms with Crippen LogP contribution in [0.2, 0.25) is 0 Å². The largest absolute Gasteiger partial charge is 0.489 e. The predicted octanol–water partition coefficient (Wildman–Crippen LogP) is 2.66. The molecule has 17 nitrogen and oxygen atoms in total. The first kappa shape index (κ1) is 46.7. The molecule has 0 saturated heterocycles. The monoisotopic (exact) mass is 883 g/mol. The van der Waals surface area contributed by atoms with E-state index in [-0.39, 0.29) is 32.5 Å². The number of hydrogen-bond donors (Lipinski definition) is 8. The van der Waals surface area contributed by atoms with Crippen LogP contribution < -0.4 is 37.1 Å². The number of carbonyl (C=O) groups is 6. The second-order valence-electron chi connectivity index (χ2n) is 15.5. The van der Waals surface area contributed by atoms with Gasteiger partial charge in [-0.2, -0.15) is 0 Å². The van der Waals surface area contributed by atoms with Gasteiger partial charge in [-0.05, 0) is 47.4 Å². The lowest BCUT2D eigenvalue weighted by atomic mass is 10.0. The van der Waals surface area contributed by atoms with Gasteiger partial charge in [-0.1, -0.05) is 91.0 Å². The van der Waals surface area contributed by atoms with Gasteiger partial charge < -0.3 is 51.8 Å². The molecule has 65 heavy (non-hydrogen) atoms. The molecule has 2 heterocycles. The van der Waals surface area contributed by atoms with Crippen molar-refractivity contribution in [1.82, 2.24) is 41.5 Å². The van der Waals surface area contributed by atoms with Crippen LogP contribution in [0.4, 0.5) is 0 Å². The molecule has 0 aliphatic rings. The first-order chi connectivity index (χ1) is 31.4. The Balaban J connectivity index is 1.26. The summed E-state index contributed by atoms with van der Waals surface area (Å²) in [5.41, 5.74) is 9.98. The number of fused-ring (bicyclic) bond motifs is 1. The van der Waals surface area contributed by atoms with Crippen molar-refractivity contribution in [3.05, 3.63) is 156 Å². The van der Waals surface area contributed by atoms with Crippen molar-refractivity contribution in [2.45, 2.75) is 76.5 Å². The van der Waals surface area contributed by atoms with E-state index in [4.69, 9.17) is 15.2 Å². The highest BCUT2D eigenvalue weighted by Gasteiger charge is 2.33. The second-order valence-corrected chi connectivity index (χ2v) is 15.5. The lowest BCUT2D eigenvalue weighted by Crippen LogP contribution is -2.60. The third-order valence-electron chi connectivity index (χ3n) is 10.5. The van der Waals surface area contributed by atoms with E-state index in [2.05, 4.69) is 41.5 Å². The van der Waals surface area contributed by atoms with Crippen LogP contribution in [0.3, 0.4) is 0 Å². The van der Waals surface area contributed by atoms with Crippen LogP contribution in [0, 0.1) is 0 Å². The maximum Gasteiger partial charge on any atom is 0.245 e. The maximum atomic E-state index is 14.5. The molecule has 17 heteroatoms. The Morgan fingerprint density at radius 3 is 1.82 bits per heavy atom. The van der Waals surface area contributed by atoms with Gasteiger partial charge in [0.15, 0.2) is 0 Å². The van der Waals surface area contributed by atoms with Crippen molar-refractivity contribution in [3.63, 3.8) is 0 Å². The Labute approximate surface area is 375 Å². The average Bonchev–Trinajstić information content (AvgIpc) is 3.98. The fraction of sp³-hybridized carbons (Fsp3) is 0.271. The Morgan fingerprint density at radius 2 is 1.18 bits per heavy atom. The number of nitrogens with two attached hydrogens (primary N) is 1. The molecule has 0 fully saturated rings.